The highest BCUT2D eigenvalue weighted by atomic mass is 16.8. The van der Waals surface area contributed by atoms with Crippen LogP contribution in [-0.2, 0) is 42.8 Å². The first-order valence-electron chi connectivity index (χ1n) is 40.4. The van der Waals surface area contributed by atoms with Crippen LogP contribution in [0.2, 0.25) is 0 Å². The number of carbonyl (C=O) groups is 3. The van der Waals surface area contributed by atoms with Gasteiger partial charge in [-0.05, 0) is 51.4 Å². The Bertz CT molecular complexity index is 2180. The predicted molar refractivity (Wildman–Crippen MR) is 394 cm³/mol. The predicted octanol–water partition coefficient (Wildman–Crippen LogP) is 10.5. The van der Waals surface area contributed by atoms with Crippen LogP contribution < -0.4 is 10.6 Å². The number of unbranched alkanes of at least 4 members (excludes halogenated alkanes) is 39. The van der Waals surface area contributed by atoms with Crippen molar-refractivity contribution in [1.29, 1.82) is 0 Å². The van der Waals surface area contributed by atoms with Crippen molar-refractivity contribution in [2.75, 3.05) is 26.4 Å². The Kier molecular flexibility index (Phi) is 53.0. The summed E-state index contributed by atoms with van der Waals surface area (Å²) in [4.78, 5) is 38.7. The molecule has 102 heavy (non-hydrogen) atoms. The maximum atomic E-state index is 13.5. The number of hydrogen-bond donors (Lipinski definition) is 14. The Morgan fingerprint density at radius 2 is 0.951 bits per heavy atom. The minimum absolute atomic E-state index is 0.191. The lowest BCUT2D eigenvalue weighted by Gasteiger charge is -2.50. The Hall–Kier alpha value is -3.05. The number of amides is 2. The summed E-state index contributed by atoms with van der Waals surface area (Å²) < 4.78 is 34.9. The normalized spacial score (nSPS) is 26.8. The number of allylic oxidation sites excluding steroid dienone is 5. The van der Waals surface area contributed by atoms with Gasteiger partial charge in [0.1, 0.15) is 67.1 Å². The van der Waals surface area contributed by atoms with Crippen molar-refractivity contribution in [1.82, 2.24) is 10.6 Å². The largest absolute Gasteiger partial charge is 0.477 e. The second-order valence-electron chi connectivity index (χ2n) is 29.3. The van der Waals surface area contributed by atoms with Crippen molar-refractivity contribution in [2.45, 2.75) is 420 Å². The van der Waals surface area contributed by atoms with Crippen molar-refractivity contribution >= 4 is 17.8 Å². The number of hydrogen-bond acceptors (Lipinski definition) is 20. The number of ether oxygens (including phenoxy) is 6. The first-order valence-corrected chi connectivity index (χ1v) is 40.4. The number of aliphatic hydroxyl groups is 11. The van der Waals surface area contributed by atoms with Gasteiger partial charge < -0.3 is 100 Å². The van der Waals surface area contributed by atoms with Gasteiger partial charge >= 0.3 is 5.97 Å². The van der Waals surface area contributed by atoms with E-state index in [1.54, 1.807) is 6.08 Å². The summed E-state index contributed by atoms with van der Waals surface area (Å²) in [6.07, 6.45) is 36.0. The molecule has 0 bridgehead atoms. The van der Waals surface area contributed by atoms with Gasteiger partial charge in [-0.3, -0.25) is 9.59 Å². The molecule has 3 rings (SSSR count). The van der Waals surface area contributed by atoms with Gasteiger partial charge in [0.25, 0.3) is 5.79 Å². The fourth-order valence-corrected chi connectivity index (χ4v) is 13.9. The van der Waals surface area contributed by atoms with Crippen LogP contribution in [0.5, 0.6) is 0 Å². The molecule has 14 N–H and O–H groups in total. The molecular formula is C79H144N2O21. The number of rotatable bonds is 63. The third-order valence-electron chi connectivity index (χ3n) is 20.3. The van der Waals surface area contributed by atoms with Crippen LogP contribution in [0, 0.1) is 0 Å². The Balaban J connectivity index is 1.54. The molecule has 0 radical (unpaired) electrons. The third-order valence-corrected chi connectivity index (χ3v) is 20.3. The van der Waals surface area contributed by atoms with E-state index in [1.165, 1.54) is 186 Å². The first kappa shape index (κ1) is 93.2. The number of carbonyl (C=O) groups excluding carboxylic acids is 2. The minimum atomic E-state index is -3.09. The molecule has 596 valence electrons. The van der Waals surface area contributed by atoms with E-state index in [1.807, 2.05) is 6.08 Å². The summed E-state index contributed by atoms with van der Waals surface area (Å²) in [5.41, 5.74) is 0. The molecule has 18 unspecified atom stereocenters. The van der Waals surface area contributed by atoms with E-state index in [0.29, 0.717) is 12.8 Å². The van der Waals surface area contributed by atoms with E-state index in [4.69, 9.17) is 28.4 Å². The molecule has 3 aliphatic rings. The van der Waals surface area contributed by atoms with Crippen LogP contribution in [0.3, 0.4) is 0 Å². The highest BCUT2D eigenvalue weighted by Gasteiger charge is 2.60. The summed E-state index contributed by atoms with van der Waals surface area (Å²) >= 11 is 0. The second kappa shape index (κ2) is 58.0. The third kappa shape index (κ3) is 38.2. The molecule has 3 fully saturated rings. The van der Waals surface area contributed by atoms with E-state index in [0.717, 1.165) is 84.0 Å². The van der Waals surface area contributed by atoms with Crippen LogP contribution >= 0.6 is 0 Å². The molecule has 3 saturated heterocycles. The van der Waals surface area contributed by atoms with Gasteiger partial charge in [0.2, 0.25) is 11.8 Å². The Labute approximate surface area is 612 Å². The molecule has 0 aromatic rings. The van der Waals surface area contributed by atoms with Crippen LogP contribution in [-0.4, -0.2) is 215 Å². The standard InChI is InChI=1S/C79H144N2O21/c1-4-6-8-10-12-14-16-18-20-22-24-26-28-29-31-32-34-36-38-40-42-44-46-48-50-52-61(86)60(81-66(89)53-51-49-47-45-43-41-39-37-35-33-30-27-25-23-21-19-17-15-13-11-9-7-5-2)58-97-76-71(93)70(92)73(65(57-84)99-76)100-77-72(94)75(69(91)64(56-83)98-77)102-79(78(95)96)54-62(87)67(80-59(3)85)74(101-79)68(90)63(88)55-82/h25,27,33,35,50,52,60-65,67-77,82-84,86-88,90-94H,4-24,26,28-32,34,36-49,51,53-58H2,1-3H3,(H,80,85)(H,81,89)(H,95,96)/b27-25-,35-33-,52-50+. The average molecular weight is 1460 g/mol. The zero-order valence-corrected chi connectivity index (χ0v) is 63.0. The van der Waals surface area contributed by atoms with E-state index in [9.17, 15) is 75.7 Å². The quantitative estimate of drug-likeness (QED) is 0.0199. The maximum absolute atomic E-state index is 13.5. The van der Waals surface area contributed by atoms with E-state index in [2.05, 4.69) is 48.8 Å². The molecule has 3 aliphatic heterocycles. The zero-order valence-electron chi connectivity index (χ0n) is 63.0. The lowest BCUT2D eigenvalue weighted by molar-refractivity contribution is -0.386. The van der Waals surface area contributed by atoms with Crippen LogP contribution in [0.1, 0.15) is 310 Å². The zero-order chi connectivity index (χ0) is 74.6. The fourth-order valence-electron chi connectivity index (χ4n) is 13.9. The molecule has 2 amide bonds. The number of aliphatic carboxylic acids is 1. The molecule has 0 aromatic carbocycles. The van der Waals surface area contributed by atoms with Gasteiger partial charge in [0.15, 0.2) is 12.6 Å². The molecule has 18 atom stereocenters. The van der Waals surface area contributed by atoms with Gasteiger partial charge in [0, 0.05) is 19.8 Å². The SMILES string of the molecule is CCCCCCCCCCC/C=C\C/C=C\CCCCCCCCCC(=O)NC(COC1OC(CO)C(OC2OC(CO)C(O)C(OC3(C(=O)O)CC(O)C(NC(C)=O)C(C(O)C(O)CO)O3)C2O)C(O)C1O)C(O)/C=C/CCCCCCCCCCCCCCCCCCCCCCCCC. The number of aliphatic hydroxyl groups excluding tert-OH is 11. The van der Waals surface area contributed by atoms with Crippen molar-refractivity contribution in [3.63, 3.8) is 0 Å². The molecule has 0 spiro atoms. The van der Waals surface area contributed by atoms with Gasteiger partial charge in [-0.1, -0.05) is 275 Å². The minimum Gasteiger partial charge on any atom is -0.477 e. The Morgan fingerprint density at radius 3 is 1.38 bits per heavy atom. The highest BCUT2D eigenvalue weighted by molar-refractivity contribution is 5.77. The summed E-state index contributed by atoms with van der Waals surface area (Å²) in [6.45, 7) is 2.17. The topological polar surface area (TPSA) is 373 Å². The molecule has 0 aromatic heterocycles. The molecule has 23 nitrogen and oxygen atoms in total. The van der Waals surface area contributed by atoms with Crippen LogP contribution in [0.25, 0.3) is 0 Å². The summed E-state index contributed by atoms with van der Waals surface area (Å²) in [6, 6.07) is -2.63. The summed E-state index contributed by atoms with van der Waals surface area (Å²) in [5, 5.41) is 136. The number of carboxylic acids is 1. The van der Waals surface area contributed by atoms with Crippen LogP contribution in [0.15, 0.2) is 36.5 Å². The average Bonchev–Trinajstić information content (AvgIpc) is 0.755. The van der Waals surface area contributed by atoms with Gasteiger partial charge in [0.05, 0.1) is 50.7 Å². The van der Waals surface area contributed by atoms with Gasteiger partial charge in [-0.15, -0.1) is 0 Å². The monoisotopic (exact) mass is 1460 g/mol. The first-order chi connectivity index (χ1) is 49.4. The fraction of sp³-hybridized carbons (Fsp3) is 0.886. The van der Waals surface area contributed by atoms with E-state index >= 15 is 0 Å². The van der Waals surface area contributed by atoms with Crippen molar-refractivity contribution in [2.24, 2.45) is 0 Å². The van der Waals surface area contributed by atoms with Crippen molar-refractivity contribution in [3.8, 4) is 0 Å². The summed E-state index contributed by atoms with van der Waals surface area (Å²) in [5.74, 6) is -6.15. The van der Waals surface area contributed by atoms with Gasteiger partial charge in [-0.2, -0.15) is 0 Å². The number of nitrogens with one attached hydrogen (secondary N) is 2. The molecule has 3 heterocycles. The highest BCUT2D eigenvalue weighted by Crippen LogP contribution is 2.39. The van der Waals surface area contributed by atoms with E-state index in [-0.39, 0.29) is 12.3 Å². The van der Waals surface area contributed by atoms with Crippen molar-refractivity contribution < 1.29 is 104 Å². The maximum Gasteiger partial charge on any atom is 0.364 e. The molecule has 0 aliphatic carbocycles. The Morgan fingerprint density at radius 1 is 0.520 bits per heavy atom. The second-order valence-corrected chi connectivity index (χ2v) is 29.3. The lowest BCUT2D eigenvalue weighted by atomic mass is 9.88. The lowest BCUT2D eigenvalue weighted by Crippen LogP contribution is -2.70. The molecule has 23 heteroatoms. The molecule has 0 saturated carbocycles. The van der Waals surface area contributed by atoms with Crippen molar-refractivity contribution in [3.05, 3.63) is 36.5 Å². The van der Waals surface area contributed by atoms with Gasteiger partial charge in [-0.25, -0.2) is 4.79 Å². The number of carboxylic acid groups (broad SMARTS) is 1. The summed E-state index contributed by atoms with van der Waals surface area (Å²) in [7, 11) is 0. The molecular weight excluding hydrogens is 1310 g/mol. The van der Waals surface area contributed by atoms with Crippen LogP contribution in [0.4, 0.5) is 0 Å². The van der Waals surface area contributed by atoms with E-state index < -0.39 is 155 Å². The smallest absolute Gasteiger partial charge is 0.364 e.